The van der Waals surface area contributed by atoms with Gasteiger partial charge in [-0.15, -0.1) is 45.3 Å². The van der Waals surface area contributed by atoms with Gasteiger partial charge in [0.2, 0.25) is 11.1 Å². The Morgan fingerprint density at radius 2 is 0.883 bits per heavy atom. The molecule has 0 bridgehead atoms. The van der Waals surface area contributed by atoms with Gasteiger partial charge in [0.25, 0.3) is 0 Å². The van der Waals surface area contributed by atoms with Crippen molar-refractivity contribution in [1.29, 1.82) is 21.0 Å². The number of hydrogen-bond donors (Lipinski definition) is 0. The Kier molecular flexibility index (Phi) is 9.94. The van der Waals surface area contributed by atoms with Crippen LogP contribution >= 0.6 is 45.3 Å². The lowest BCUT2D eigenvalue weighted by atomic mass is 9.87. The van der Waals surface area contributed by atoms with Crippen LogP contribution in [0.1, 0.15) is 32.0 Å². The SMILES string of the molecule is Cc1cccc(C)c1-c1c2cc(-c3ccc(/C=c4/cnc(=C(C#N)C#N)o4)s3)sc2c(-c2c(C)cccc2C)c2cc(-c3ccc(/C=c4/cnc(=C(C#N)C#N)o4)s3)sc12. The number of hydrogen-bond acceptors (Lipinski definition) is 12. The van der Waals surface area contributed by atoms with E-state index in [-0.39, 0.29) is 22.2 Å². The molecular formula is C48H28N6O2S4. The van der Waals surface area contributed by atoms with Crippen LogP contribution < -0.4 is 21.9 Å². The normalized spacial score (nSPS) is 11.8. The van der Waals surface area contributed by atoms with Gasteiger partial charge in [-0.2, -0.15) is 21.0 Å². The molecule has 6 heterocycles. The van der Waals surface area contributed by atoms with Gasteiger partial charge < -0.3 is 8.83 Å². The lowest BCUT2D eigenvalue weighted by molar-refractivity contribution is 0.490. The number of oxazole rings is 2. The van der Waals surface area contributed by atoms with Crippen molar-refractivity contribution in [3.63, 3.8) is 0 Å². The summed E-state index contributed by atoms with van der Waals surface area (Å²) in [6.45, 7) is 8.76. The molecule has 0 aliphatic carbocycles. The summed E-state index contributed by atoms with van der Waals surface area (Å²) < 4.78 is 13.9. The van der Waals surface area contributed by atoms with Gasteiger partial charge >= 0.3 is 0 Å². The number of rotatable bonds is 6. The fourth-order valence-electron chi connectivity index (χ4n) is 7.51. The molecule has 0 unspecified atom stereocenters. The van der Waals surface area contributed by atoms with Gasteiger partial charge in [0.1, 0.15) is 35.1 Å². The molecule has 286 valence electrons. The Hall–Kier alpha value is -7.16. The van der Waals surface area contributed by atoms with Crippen LogP contribution in [0.2, 0.25) is 0 Å². The minimum atomic E-state index is -0.165. The summed E-state index contributed by atoms with van der Waals surface area (Å²) in [6.07, 6.45) is 6.81. The van der Waals surface area contributed by atoms with E-state index in [1.165, 1.54) is 77.1 Å². The van der Waals surface area contributed by atoms with Crippen LogP contribution in [-0.4, -0.2) is 9.97 Å². The third-order valence-electron chi connectivity index (χ3n) is 10.1. The third-order valence-corrected chi connectivity index (χ3v) is 14.9. The Morgan fingerprint density at radius 1 is 0.500 bits per heavy atom. The van der Waals surface area contributed by atoms with E-state index in [0.717, 1.165) is 29.3 Å². The Balaban J connectivity index is 1.27. The minimum Gasteiger partial charge on any atom is -0.435 e. The van der Waals surface area contributed by atoms with Crippen LogP contribution in [0.4, 0.5) is 0 Å². The average molecular weight is 849 g/mol. The zero-order valence-corrected chi connectivity index (χ0v) is 35.6. The number of aromatic nitrogens is 2. The maximum absolute atomic E-state index is 9.26. The van der Waals surface area contributed by atoms with Crippen molar-refractivity contribution < 1.29 is 8.83 Å². The zero-order chi connectivity index (χ0) is 41.7. The standard InChI is InChI=1S/C48H28N6O2S4/c1-25-7-5-8-26(2)41(25)43-35-17-39(37-13-11-33(57-37)15-31-23-53-47(55-31)29(19-49)20-50)60-46(35)44(42-27(3)9-6-10-28(42)4)36-18-40(59-45(36)43)38-14-12-34(58-38)16-32-24-54-48(56-32)30(21-51)22-52/h5-18,23-24H,1-4H3/b31-15-,32-16-. The predicted molar refractivity (Wildman–Crippen MR) is 242 cm³/mol. The molecule has 9 rings (SSSR count). The topological polar surface area (TPSA) is 147 Å². The fraction of sp³-hybridized carbons (Fsp3) is 0.0833. The molecule has 0 aliphatic heterocycles. The van der Waals surface area contributed by atoms with Crippen molar-refractivity contribution in [2.45, 2.75) is 27.7 Å². The van der Waals surface area contributed by atoms with E-state index < -0.39 is 0 Å². The molecule has 6 aromatic heterocycles. The van der Waals surface area contributed by atoms with E-state index in [1.807, 2.05) is 36.4 Å². The molecule has 0 amide bonds. The van der Waals surface area contributed by atoms with E-state index in [2.05, 4.69) is 110 Å². The van der Waals surface area contributed by atoms with Crippen molar-refractivity contribution in [2.75, 3.05) is 0 Å². The molecule has 8 nitrogen and oxygen atoms in total. The molecule has 0 N–H and O–H groups in total. The van der Waals surface area contributed by atoms with Crippen molar-refractivity contribution in [2.24, 2.45) is 0 Å². The first kappa shape index (κ1) is 38.4. The molecule has 12 heteroatoms. The van der Waals surface area contributed by atoms with Crippen molar-refractivity contribution >= 4 is 88.8 Å². The minimum absolute atomic E-state index is 0.0131. The molecule has 9 aromatic rings. The zero-order valence-electron chi connectivity index (χ0n) is 32.4. The summed E-state index contributed by atoms with van der Waals surface area (Å²) >= 11 is 6.90. The van der Waals surface area contributed by atoms with Gasteiger partial charge in [0.15, 0.2) is 11.1 Å². The van der Waals surface area contributed by atoms with Gasteiger partial charge in [-0.05, 0) is 110 Å². The second-order valence-electron chi connectivity index (χ2n) is 14.0. The molecule has 0 atom stereocenters. The maximum atomic E-state index is 9.26. The van der Waals surface area contributed by atoms with E-state index in [9.17, 15) is 21.0 Å². The quantitative estimate of drug-likeness (QED) is 0.161. The van der Waals surface area contributed by atoms with Crippen molar-refractivity contribution in [3.05, 3.63) is 139 Å². The highest BCUT2D eigenvalue weighted by Gasteiger charge is 2.26. The van der Waals surface area contributed by atoms with Gasteiger partial charge in [0, 0.05) is 60.6 Å². The first-order chi connectivity index (χ1) is 29.2. The van der Waals surface area contributed by atoms with Crippen LogP contribution in [0.25, 0.3) is 85.2 Å². The van der Waals surface area contributed by atoms with Crippen molar-refractivity contribution in [1.82, 2.24) is 9.97 Å². The fourth-order valence-corrected chi connectivity index (χ4v) is 12.0. The van der Waals surface area contributed by atoms with E-state index in [1.54, 1.807) is 45.3 Å². The number of aryl methyl sites for hydroxylation is 4. The number of nitriles is 4. The molecular weight excluding hydrogens is 821 g/mol. The number of thiophene rings is 4. The number of benzene rings is 3. The number of fused-ring (bicyclic) bond motifs is 2. The van der Waals surface area contributed by atoms with E-state index in [0.29, 0.717) is 10.8 Å². The molecule has 0 radical (unpaired) electrons. The van der Waals surface area contributed by atoms with Crippen molar-refractivity contribution in [3.8, 4) is 66.0 Å². The second-order valence-corrected chi connectivity index (χ2v) is 18.4. The summed E-state index contributed by atoms with van der Waals surface area (Å²) in [5.41, 5.74) is 10.4. The van der Waals surface area contributed by atoms with Crippen LogP contribution in [0.3, 0.4) is 0 Å². The lowest BCUT2D eigenvalue weighted by Crippen LogP contribution is -2.05. The molecule has 0 spiro atoms. The summed E-state index contributed by atoms with van der Waals surface area (Å²) in [4.78, 5) is 14.7. The first-order valence-corrected chi connectivity index (χ1v) is 21.8. The maximum Gasteiger partial charge on any atom is 0.248 e. The van der Waals surface area contributed by atoms with Crippen LogP contribution in [0.5, 0.6) is 0 Å². The summed E-state index contributed by atoms with van der Waals surface area (Å²) in [6, 6.07) is 33.4. The summed E-state index contributed by atoms with van der Waals surface area (Å²) in [5, 5.41) is 39.5. The highest BCUT2D eigenvalue weighted by Crippen LogP contribution is 2.54. The molecule has 0 saturated carbocycles. The third kappa shape index (κ3) is 6.74. The number of nitrogens with zero attached hydrogens (tertiary/aromatic N) is 6. The molecule has 60 heavy (non-hydrogen) atoms. The first-order valence-electron chi connectivity index (χ1n) is 18.5. The Labute approximate surface area is 359 Å². The lowest BCUT2D eigenvalue weighted by Gasteiger charge is -2.18. The van der Waals surface area contributed by atoms with E-state index >= 15 is 0 Å². The predicted octanol–water partition coefficient (Wildman–Crippen LogP) is 10.2. The average Bonchev–Trinajstić information content (AvgIpc) is 4.10. The molecule has 0 aliphatic rings. The van der Waals surface area contributed by atoms with E-state index in [4.69, 9.17) is 8.83 Å². The highest BCUT2D eigenvalue weighted by atomic mass is 32.1. The monoisotopic (exact) mass is 848 g/mol. The largest absolute Gasteiger partial charge is 0.435 e. The summed E-state index contributed by atoms with van der Waals surface area (Å²) in [7, 11) is 0. The smallest absolute Gasteiger partial charge is 0.248 e. The highest BCUT2D eigenvalue weighted by molar-refractivity contribution is 7.28. The molecule has 0 saturated heterocycles. The van der Waals surface area contributed by atoms with Gasteiger partial charge in [-0.1, -0.05) is 36.4 Å². The van der Waals surface area contributed by atoms with Crippen LogP contribution in [0.15, 0.2) is 94.0 Å². The Bertz CT molecular complexity index is 3310. The van der Waals surface area contributed by atoms with Gasteiger partial charge in [-0.25, -0.2) is 9.97 Å². The molecule has 3 aromatic carbocycles. The Morgan fingerprint density at radius 3 is 1.25 bits per heavy atom. The summed E-state index contributed by atoms with van der Waals surface area (Å²) in [5.74, 6) is 0. The van der Waals surface area contributed by atoms with Crippen LogP contribution in [0, 0.1) is 73.0 Å². The molecule has 0 fully saturated rings. The van der Waals surface area contributed by atoms with Crippen LogP contribution in [-0.2, 0) is 0 Å². The second kappa shape index (κ2) is 15.5. The van der Waals surface area contributed by atoms with Gasteiger partial charge in [-0.3, -0.25) is 0 Å². The van der Waals surface area contributed by atoms with Gasteiger partial charge in [0.05, 0.1) is 12.4 Å².